The molecule has 2 aromatic heterocycles. The summed E-state index contributed by atoms with van der Waals surface area (Å²) in [6, 6.07) is 20.6. The highest BCUT2D eigenvalue weighted by Gasteiger charge is 2.06. The third kappa shape index (κ3) is 4.59. The second kappa shape index (κ2) is 7.85. The molecule has 2 heterocycles. The molecule has 0 fully saturated rings. The van der Waals surface area contributed by atoms with E-state index >= 15 is 0 Å². The van der Waals surface area contributed by atoms with Gasteiger partial charge in [0.25, 0.3) is 0 Å². The van der Waals surface area contributed by atoms with Gasteiger partial charge in [-0.2, -0.15) is 4.98 Å². The van der Waals surface area contributed by atoms with Gasteiger partial charge in [-0.25, -0.2) is 4.98 Å². The highest BCUT2D eigenvalue weighted by Crippen LogP contribution is 2.26. The maximum absolute atomic E-state index is 5.89. The van der Waals surface area contributed by atoms with E-state index < -0.39 is 0 Å². The number of nitrogens with two attached hydrogens (primary N) is 2. The van der Waals surface area contributed by atoms with Crippen LogP contribution in [0.5, 0.6) is 11.5 Å². The highest BCUT2D eigenvalue weighted by molar-refractivity contribution is 5.68. The first-order valence-electron chi connectivity index (χ1n) is 9.03. The Kier molecular flexibility index (Phi) is 4.94. The zero-order valence-electron chi connectivity index (χ0n) is 15.8. The number of nitrogens with one attached hydrogen (secondary N) is 1. The summed E-state index contributed by atoms with van der Waals surface area (Å²) in [6.07, 6.45) is 1.72. The van der Waals surface area contributed by atoms with Crippen LogP contribution in [0.4, 0.5) is 23.1 Å². The minimum atomic E-state index is 0.190. The van der Waals surface area contributed by atoms with E-state index in [1.807, 2.05) is 73.7 Å². The summed E-state index contributed by atoms with van der Waals surface area (Å²) in [4.78, 5) is 12.7. The summed E-state index contributed by atoms with van der Waals surface area (Å²) in [5, 5.41) is 3.25. The lowest BCUT2D eigenvalue weighted by Gasteiger charge is -2.10. The minimum absolute atomic E-state index is 0.190. The number of hydrogen-bond donors (Lipinski definition) is 3. The number of pyridine rings is 1. The molecule has 0 aliphatic carbocycles. The Morgan fingerprint density at radius 1 is 0.828 bits per heavy atom. The average Bonchev–Trinajstić information content (AvgIpc) is 2.70. The molecule has 0 bridgehead atoms. The van der Waals surface area contributed by atoms with Crippen LogP contribution in [-0.2, 0) is 0 Å². The molecule has 7 heteroatoms. The lowest BCUT2D eigenvalue weighted by atomic mass is 10.1. The Balaban J connectivity index is 1.51. The van der Waals surface area contributed by atoms with Gasteiger partial charge in [-0.3, -0.25) is 4.98 Å². The quantitative estimate of drug-likeness (QED) is 0.433. The monoisotopic (exact) mass is 384 g/mol. The molecule has 0 saturated carbocycles. The summed E-state index contributed by atoms with van der Waals surface area (Å²) in [6.45, 7) is 1.92. The molecule has 0 atom stereocenters. The van der Waals surface area contributed by atoms with Gasteiger partial charge in [-0.15, -0.1) is 0 Å². The van der Waals surface area contributed by atoms with Crippen LogP contribution < -0.4 is 21.5 Å². The first-order valence-corrected chi connectivity index (χ1v) is 9.03. The lowest BCUT2D eigenvalue weighted by molar-refractivity contribution is 0.481. The standard InChI is InChI=1S/C22H20N6O/c1-14-12-19(10-11-25-14)29-18-8-6-17(7-9-18)26-21-13-20(27-22(24)28-21)15-2-4-16(23)5-3-15/h2-13H,23H2,1H3,(H3,24,26,27,28). The van der Waals surface area contributed by atoms with Crippen LogP contribution in [-0.4, -0.2) is 15.0 Å². The molecule has 0 aliphatic rings. The second-order valence-electron chi connectivity index (χ2n) is 6.50. The van der Waals surface area contributed by atoms with E-state index in [1.54, 1.807) is 6.20 Å². The van der Waals surface area contributed by atoms with Crippen LogP contribution in [0, 0.1) is 6.92 Å². The molecular formula is C22H20N6O. The number of anilines is 4. The number of nitrogen functional groups attached to an aromatic ring is 2. The predicted molar refractivity (Wildman–Crippen MR) is 115 cm³/mol. The Morgan fingerprint density at radius 2 is 1.59 bits per heavy atom. The molecule has 7 nitrogen and oxygen atoms in total. The van der Waals surface area contributed by atoms with Crippen molar-refractivity contribution >= 4 is 23.1 Å². The summed E-state index contributed by atoms with van der Waals surface area (Å²) in [5.74, 6) is 2.26. The second-order valence-corrected chi connectivity index (χ2v) is 6.50. The maximum atomic E-state index is 5.89. The minimum Gasteiger partial charge on any atom is -0.457 e. The van der Waals surface area contributed by atoms with Gasteiger partial charge in [0.15, 0.2) is 0 Å². The number of hydrogen-bond acceptors (Lipinski definition) is 7. The third-order valence-electron chi connectivity index (χ3n) is 4.18. The third-order valence-corrected chi connectivity index (χ3v) is 4.18. The first-order chi connectivity index (χ1) is 14.0. The number of nitrogens with zero attached hydrogens (tertiary/aromatic N) is 3. The van der Waals surface area contributed by atoms with E-state index in [-0.39, 0.29) is 5.95 Å². The van der Waals surface area contributed by atoms with Crippen molar-refractivity contribution < 1.29 is 4.74 Å². The van der Waals surface area contributed by atoms with Crippen LogP contribution in [0.1, 0.15) is 5.69 Å². The van der Waals surface area contributed by atoms with Crippen molar-refractivity contribution in [3.8, 4) is 22.8 Å². The number of aromatic nitrogens is 3. The Labute approximate surface area is 168 Å². The fraction of sp³-hybridized carbons (Fsp3) is 0.0455. The van der Waals surface area contributed by atoms with E-state index in [2.05, 4.69) is 20.3 Å². The number of rotatable bonds is 5. The van der Waals surface area contributed by atoms with Crippen molar-refractivity contribution in [3.05, 3.63) is 78.6 Å². The van der Waals surface area contributed by atoms with Crippen molar-refractivity contribution in [2.24, 2.45) is 0 Å². The van der Waals surface area contributed by atoms with E-state index in [1.165, 1.54) is 0 Å². The largest absolute Gasteiger partial charge is 0.457 e. The van der Waals surface area contributed by atoms with Gasteiger partial charge in [-0.1, -0.05) is 12.1 Å². The first kappa shape index (κ1) is 18.2. The smallest absolute Gasteiger partial charge is 0.222 e. The molecule has 4 rings (SSSR count). The predicted octanol–water partition coefficient (Wildman–Crippen LogP) is 4.55. The zero-order valence-corrected chi connectivity index (χ0v) is 15.8. The van der Waals surface area contributed by atoms with Gasteiger partial charge < -0.3 is 21.5 Å². The molecule has 4 aromatic rings. The van der Waals surface area contributed by atoms with Crippen molar-refractivity contribution in [3.63, 3.8) is 0 Å². The number of benzene rings is 2. The fourth-order valence-electron chi connectivity index (χ4n) is 2.80. The number of ether oxygens (including phenoxy) is 1. The molecule has 144 valence electrons. The molecule has 5 N–H and O–H groups in total. The Hall–Kier alpha value is -4.13. The fourth-order valence-corrected chi connectivity index (χ4v) is 2.80. The molecule has 29 heavy (non-hydrogen) atoms. The van der Waals surface area contributed by atoms with Gasteiger partial charge in [-0.05, 0) is 49.4 Å². The van der Waals surface area contributed by atoms with E-state index in [4.69, 9.17) is 16.2 Å². The normalized spacial score (nSPS) is 10.5. The molecule has 0 amide bonds. The Bertz CT molecular complexity index is 1130. The van der Waals surface area contributed by atoms with E-state index in [9.17, 15) is 0 Å². The van der Waals surface area contributed by atoms with Crippen LogP contribution in [0.2, 0.25) is 0 Å². The van der Waals surface area contributed by atoms with Crippen LogP contribution in [0.15, 0.2) is 72.9 Å². The maximum Gasteiger partial charge on any atom is 0.222 e. The number of aryl methyl sites for hydroxylation is 1. The summed E-state index contributed by atoms with van der Waals surface area (Å²) in [5.41, 5.74) is 15.7. The summed E-state index contributed by atoms with van der Waals surface area (Å²) in [7, 11) is 0. The highest BCUT2D eigenvalue weighted by atomic mass is 16.5. The molecular weight excluding hydrogens is 364 g/mol. The molecule has 2 aromatic carbocycles. The van der Waals surface area contributed by atoms with Crippen molar-refractivity contribution in [1.82, 2.24) is 15.0 Å². The van der Waals surface area contributed by atoms with Gasteiger partial charge >= 0.3 is 0 Å². The van der Waals surface area contributed by atoms with Crippen molar-refractivity contribution in [1.29, 1.82) is 0 Å². The molecule has 0 aliphatic heterocycles. The van der Waals surface area contributed by atoms with Gasteiger partial charge in [0.1, 0.15) is 17.3 Å². The lowest BCUT2D eigenvalue weighted by Crippen LogP contribution is -2.01. The van der Waals surface area contributed by atoms with E-state index in [0.717, 1.165) is 28.4 Å². The van der Waals surface area contributed by atoms with Gasteiger partial charge in [0, 0.05) is 41.0 Å². The Morgan fingerprint density at radius 3 is 2.31 bits per heavy atom. The van der Waals surface area contributed by atoms with Gasteiger partial charge in [0.2, 0.25) is 5.95 Å². The van der Waals surface area contributed by atoms with Crippen molar-refractivity contribution in [2.75, 3.05) is 16.8 Å². The topological polar surface area (TPSA) is 112 Å². The van der Waals surface area contributed by atoms with Crippen LogP contribution in [0.25, 0.3) is 11.3 Å². The molecule has 0 unspecified atom stereocenters. The SMILES string of the molecule is Cc1cc(Oc2ccc(Nc3cc(-c4ccc(N)cc4)nc(N)n3)cc2)ccn1. The van der Waals surface area contributed by atoms with Crippen molar-refractivity contribution in [2.45, 2.75) is 6.92 Å². The van der Waals surface area contributed by atoms with Crippen LogP contribution >= 0.6 is 0 Å². The molecule has 0 spiro atoms. The average molecular weight is 384 g/mol. The van der Waals surface area contributed by atoms with Crippen LogP contribution in [0.3, 0.4) is 0 Å². The summed E-state index contributed by atoms with van der Waals surface area (Å²) < 4.78 is 5.85. The molecule has 0 saturated heterocycles. The van der Waals surface area contributed by atoms with E-state index in [0.29, 0.717) is 17.2 Å². The molecule has 0 radical (unpaired) electrons. The zero-order chi connectivity index (χ0) is 20.2. The van der Waals surface area contributed by atoms with Gasteiger partial charge in [0.05, 0.1) is 5.69 Å². The summed E-state index contributed by atoms with van der Waals surface area (Å²) >= 11 is 0.